The van der Waals surface area contributed by atoms with E-state index in [0.29, 0.717) is 23.7 Å². The second-order valence-corrected chi connectivity index (χ2v) is 10.5. The Balaban J connectivity index is 1.61. The molecule has 0 aromatic carbocycles. The third kappa shape index (κ3) is 2.81. The lowest BCUT2D eigenvalue weighted by Crippen LogP contribution is -2.58. The SMILES string of the molecule is CC(CC(=O)O)C1=CCC2C3CCC4CC(O)CCC4(C)C3CC(O)C12C. The Morgan fingerprint density at radius 2 is 1.93 bits per heavy atom. The van der Waals surface area contributed by atoms with Crippen LogP contribution in [-0.2, 0) is 4.79 Å². The predicted octanol–water partition coefficient (Wildman–Crippen LogP) is 4.01. The highest BCUT2D eigenvalue weighted by Gasteiger charge is 2.61. The molecule has 0 amide bonds. The normalized spacial score (nSPS) is 50.2. The van der Waals surface area contributed by atoms with Crippen molar-refractivity contribution < 1.29 is 20.1 Å². The van der Waals surface area contributed by atoms with Crippen LogP contribution in [0.1, 0.15) is 72.1 Å². The summed E-state index contributed by atoms with van der Waals surface area (Å²) < 4.78 is 0. The first-order valence-corrected chi connectivity index (χ1v) is 11.0. The zero-order chi connectivity index (χ0) is 19.6. The van der Waals surface area contributed by atoms with Gasteiger partial charge in [0.2, 0.25) is 0 Å². The van der Waals surface area contributed by atoms with Gasteiger partial charge in [0, 0.05) is 5.41 Å². The molecule has 4 aliphatic rings. The van der Waals surface area contributed by atoms with Crippen molar-refractivity contribution in [1.82, 2.24) is 0 Å². The molecular formula is C23H36O4. The molecule has 3 N–H and O–H groups in total. The quantitative estimate of drug-likeness (QED) is 0.651. The van der Waals surface area contributed by atoms with Crippen LogP contribution in [0.25, 0.3) is 0 Å². The van der Waals surface area contributed by atoms with Crippen molar-refractivity contribution in [2.75, 3.05) is 0 Å². The molecule has 3 saturated carbocycles. The molecule has 0 spiro atoms. The van der Waals surface area contributed by atoms with Crippen LogP contribution in [0.15, 0.2) is 11.6 Å². The average molecular weight is 377 g/mol. The summed E-state index contributed by atoms with van der Waals surface area (Å²) >= 11 is 0. The third-order valence-corrected chi connectivity index (χ3v) is 9.40. The highest BCUT2D eigenvalue weighted by molar-refractivity contribution is 5.67. The molecule has 152 valence electrons. The summed E-state index contributed by atoms with van der Waals surface area (Å²) in [6.07, 6.45) is 8.98. The highest BCUT2D eigenvalue weighted by atomic mass is 16.4. The number of aliphatic carboxylic acids is 1. The van der Waals surface area contributed by atoms with Gasteiger partial charge in [-0.05, 0) is 80.0 Å². The maximum absolute atomic E-state index is 11.4. The lowest BCUT2D eigenvalue weighted by atomic mass is 9.44. The van der Waals surface area contributed by atoms with Crippen molar-refractivity contribution in [2.45, 2.75) is 84.3 Å². The van der Waals surface area contributed by atoms with Gasteiger partial charge < -0.3 is 15.3 Å². The van der Waals surface area contributed by atoms with Gasteiger partial charge in [-0.25, -0.2) is 0 Å². The minimum atomic E-state index is -0.757. The van der Waals surface area contributed by atoms with Crippen LogP contribution < -0.4 is 0 Å². The maximum atomic E-state index is 11.4. The van der Waals surface area contributed by atoms with E-state index in [1.807, 2.05) is 6.92 Å². The summed E-state index contributed by atoms with van der Waals surface area (Å²) in [6.45, 7) is 6.63. The van der Waals surface area contributed by atoms with Gasteiger partial charge in [-0.1, -0.05) is 32.4 Å². The molecule has 0 aromatic rings. The highest BCUT2D eigenvalue weighted by Crippen LogP contribution is 2.67. The van der Waals surface area contributed by atoms with Crippen molar-refractivity contribution in [3.05, 3.63) is 11.6 Å². The van der Waals surface area contributed by atoms with Crippen molar-refractivity contribution >= 4 is 5.97 Å². The van der Waals surface area contributed by atoms with Crippen molar-refractivity contribution in [3.63, 3.8) is 0 Å². The second-order valence-electron chi connectivity index (χ2n) is 10.5. The van der Waals surface area contributed by atoms with Crippen LogP contribution in [0, 0.1) is 40.4 Å². The number of aliphatic hydroxyl groups is 2. The molecule has 0 heterocycles. The minimum Gasteiger partial charge on any atom is -0.481 e. The molecule has 27 heavy (non-hydrogen) atoms. The van der Waals surface area contributed by atoms with Gasteiger partial charge in [0.1, 0.15) is 0 Å². The monoisotopic (exact) mass is 376 g/mol. The summed E-state index contributed by atoms with van der Waals surface area (Å²) in [6, 6.07) is 0. The predicted molar refractivity (Wildman–Crippen MR) is 104 cm³/mol. The van der Waals surface area contributed by atoms with E-state index in [1.165, 1.54) is 18.4 Å². The van der Waals surface area contributed by atoms with Crippen molar-refractivity contribution in [1.29, 1.82) is 0 Å². The average Bonchev–Trinajstić information content (AvgIpc) is 2.95. The first-order chi connectivity index (χ1) is 12.7. The Kier molecular flexibility index (Phi) is 4.74. The number of carboxylic acids is 1. The van der Waals surface area contributed by atoms with Crippen LogP contribution in [0.4, 0.5) is 0 Å². The standard InChI is InChI=1S/C23H36O4/c1-13(10-21(26)27)17-6-7-18-16-5-4-14-11-15(24)8-9-22(14,2)19(16)12-20(25)23(17,18)3/h6,13-16,18-20,24-25H,4-5,7-12H2,1-3H3,(H,26,27). The van der Waals surface area contributed by atoms with E-state index < -0.39 is 12.1 Å². The first-order valence-electron chi connectivity index (χ1n) is 11.0. The number of carbonyl (C=O) groups is 1. The summed E-state index contributed by atoms with van der Waals surface area (Å²) in [7, 11) is 0. The number of aliphatic hydroxyl groups excluding tert-OH is 2. The topological polar surface area (TPSA) is 77.8 Å². The Morgan fingerprint density at radius 1 is 1.19 bits per heavy atom. The summed E-state index contributed by atoms with van der Waals surface area (Å²) in [5.41, 5.74) is 1.15. The Morgan fingerprint density at radius 3 is 2.63 bits per heavy atom. The van der Waals surface area contributed by atoms with Crippen molar-refractivity contribution in [3.8, 4) is 0 Å². The van der Waals surface area contributed by atoms with E-state index in [1.54, 1.807) is 0 Å². The molecule has 4 aliphatic carbocycles. The maximum Gasteiger partial charge on any atom is 0.303 e. The summed E-state index contributed by atoms with van der Waals surface area (Å²) in [4.78, 5) is 11.3. The van der Waals surface area contributed by atoms with E-state index in [9.17, 15) is 20.1 Å². The third-order valence-electron chi connectivity index (χ3n) is 9.40. The molecule has 3 fully saturated rings. The number of allylic oxidation sites excluding steroid dienone is 1. The fourth-order valence-corrected chi connectivity index (χ4v) is 7.92. The summed E-state index contributed by atoms with van der Waals surface area (Å²) in [5.74, 6) is 1.38. The van der Waals surface area contributed by atoms with Gasteiger partial charge in [-0.2, -0.15) is 0 Å². The van der Waals surface area contributed by atoms with E-state index in [0.717, 1.165) is 32.1 Å². The Bertz CT molecular complexity index is 642. The van der Waals surface area contributed by atoms with Gasteiger partial charge in [-0.3, -0.25) is 4.79 Å². The van der Waals surface area contributed by atoms with Crippen LogP contribution in [0.2, 0.25) is 0 Å². The van der Waals surface area contributed by atoms with E-state index in [2.05, 4.69) is 19.9 Å². The lowest BCUT2D eigenvalue weighted by molar-refractivity contribution is -0.157. The minimum absolute atomic E-state index is 0.0135. The van der Waals surface area contributed by atoms with E-state index in [-0.39, 0.29) is 29.3 Å². The molecule has 0 saturated heterocycles. The van der Waals surface area contributed by atoms with Crippen LogP contribution in [0.3, 0.4) is 0 Å². The molecule has 9 unspecified atom stereocenters. The van der Waals surface area contributed by atoms with E-state index in [4.69, 9.17) is 0 Å². The Labute approximate surface area is 163 Å². The van der Waals surface area contributed by atoms with Gasteiger partial charge >= 0.3 is 5.97 Å². The second kappa shape index (κ2) is 6.59. The lowest BCUT2D eigenvalue weighted by Gasteiger charge is -2.62. The fourth-order valence-electron chi connectivity index (χ4n) is 7.92. The van der Waals surface area contributed by atoms with Gasteiger partial charge in [0.05, 0.1) is 18.6 Å². The molecule has 0 bridgehead atoms. The number of fused-ring (bicyclic) bond motifs is 5. The van der Waals surface area contributed by atoms with Crippen LogP contribution in [-0.4, -0.2) is 33.5 Å². The summed E-state index contributed by atoms with van der Waals surface area (Å²) in [5, 5.41) is 30.8. The van der Waals surface area contributed by atoms with Crippen LogP contribution >= 0.6 is 0 Å². The van der Waals surface area contributed by atoms with Gasteiger partial charge in [0.15, 0.2) is 0 Å². The van der Waals surface area contributed by atoms with E-state index >= 15 is 0 Å². The molecule has 0 radical (unpaired) electrons. The number of hydrogen-bond donors (Lipinski definition) is 3. The molecule has 0 aromatic heterocycles. The smallest absolute Gasteiger partial charge is 0.303 e. The number of hydrogen-bond acceptors (Lipinski definition) is 3. The van der Waals surface area contributed by atoms with Gasteiger partial charge in [-0.15, -0.1) is 0 Å². The van der Waals surface area contributed by atoms with Crippen molar-refractivity contribution in [2.24, 2.45) is 40.4 Å². The molecule has 4 nitrogen and oxygen atoms in total. The zero-order valence-corrected chi connectivity index (χ0v) is 17.0. The molecule has 4 rings (SSSR count). The first kappa shape index (κ1) is 19.4. The molecule has 4 heteroatoms. The zero-order valence-electron chi connectivity index (χ0n) is 17.0. The fraction of sp³-hybridized carbons (Fsp3) is 0.870. The molecular weight excluding hydrogens is 340 g/mol. The number of carboxylic acid groups (broad SMARTS) is 1. The largest absolute Gasteiger partial charge is 0.481 e. The van der Waals surface area contributed by atoms with Gasteiger partial charge in [0.25, 0.3) is 0 Å². The van der Waals surface area contributed by atoms with Crippen LogP contribution in [0.5, 0.6) is 0 Å². The molecule has 9 atom stereocenters. The number of rotatable bonds is 3. The Hall–Kier alpha value is -0.870. The molecule has 0 aliphatic heterocycles.